The standard InChI is InChI=1S/C42H69N5O7/c1-15-28(8)37(46(12)42(52)35(25(2)3)44-41(51)36(26(4)5)45(11)27(6)7)33(53-13)24-34(48)47-23-19-22-32(47)39(54-14)29(9)40(50)43-30(10)38(49)31-20-17-16-18-21-31/h16-18,20-21,25-29,32-33,35-37,39H,10,15,19,22-24H2,1-9,11-14H3,(H,43,50)(H,44,51)/t28-,29+,32-,33+,35-,36-,37-,39+/m0/s1. The van der Waals surface area contributed by atoms with Crippen LogP contribution in [0.2, 0.25) is 0 Å². The lowest BCUT2D eigenvalue weighted by atomic mass is 9.89. The molecule has 8 atom stereocenters. The molecule has 12 heteroatoms. The first-order chi connectivity index (χ1) is 25.3. The van der Waals surface area contributed by atoms with Crippen LogP contribution in [0.25, 0.3) is 0 Å². The van der Waals surface area contributed by atoms with Gasteiger partial charge in [-0.2, -0.15) is 0 Å². The molecular formula is C42H69N5O7. The first-order valence-corrected chi connectivity index (χ1v) is 19.6. The second-order valence-corrected chi connectivity index (χ2v) is 15.9. The fraction of sp³-hybridized carbons (Fsp3) is 0.690. The second kappa shape index (κ2) is 21.5. The van der Waals surface area contributed by atoms with E-state index in [2.05, 4.69) is 17.2 Å². The highest BCUT2D eigenvalue weighted by atomic mass is 16.5. The van der Waals surface area contributed by atoms with Crippen molar-refractivity contribution < 1.29 is 33.4 Å². The molecule has 1 aromatic carbocycles. The van der Waals surface area contributed by atoms with Crippen molar-refractivity contribution >= 4 is 29.4 Å². The molecule has 12 nitrogen and oxygen atoms in total. The number of nitrogens with zero attached hydrogens (tertiary/aromatic N) is 3. The van der Waals surface area contributed by atoms with Gasteiger partial charge in [-0.15, -0.1) is 0 Å². The van der Waals surface area contributed by atoms with Crippen molar-refractivity contribution in [3.05, 3.63) is 48.2 Å². The van der Waals surface area contributed by atoms with Crippen molar-refractivity contribution in [3.8, 4) is 0 Å². The fourth-order valence-electron chi connectivity index (χ4n) is 7.64. The summed E-state index contributed by atoms with van der Waals surface area (Å²) in [5.41, 5.74) is 0.382. The number of hydrogen-bond donors (Lipinski definition) is 2. The van der Waals surface area contributed by atoms with Gasteiger partial charge in [0, 0.05) is 39.4 Å². The molecule has 1 fully saturated rings. The van der Waals surface area contributed by atoms with Crippen molar-refractivity contribution in [2.45, 2.75) is 130 Å². The highest BCUT2D eigenvalue weighted by Crippen LogP contribution is 2.30. The molecule has 1 aliphatic heterocycles. The summed E-state index contributed by atoms with van der Waals surface area (Å²) in [6, 6.07) is 6.70. The van der Waals surface area contributed by atoms with Gasteiger partial charge in [0.2, 0.25) is 29.4 Å². The number of carbonyl (C=O) groups is 5. The van der Waals surface area contributed by atoms with Gasteiger partial charge in [-0.1, -0.05) is 91.8 Å². The van der Waals surface area contributed by atoms with Crippen LogP contribution in [-0.4, -0.2) is 121 Å². The number of carbonyl (C=O) groups excluding carboxylic acids is 5. The summed E-state index contributed by atoms with van der Waals surface area (Å²) in [7, 11) is 6.73. The van der Waals surface area contributed by atoms with Crippen LogP contribution >= 0.6 is 0 Å². The summed E-state index contributed by atoms with van der Waals surface area (Å²) in [6.07, 6.45) is 0.810. The van der Waals surface area contributed by atoms with Gasteiger partial charge in [-0.05, 0) is 51.5 Å². The summed E-state index contributed by atoms with van der Waals surface area (Å²) >= 11 is 0. The number of methoxy groups -OCH3 is 2. The average molecular weight is 756 g/mol. The van der Waals surface area contributed by atoms with E-state index in [0.29, 0.717) is 18.5 Å². The summed E-state index contributed by atoms with van der Waals surface area (Å²) in [5, 5.41) is 5.74. The number of benzene rings is 1. The summed E-state index contributed by atoms with van der Waals surface area (Å²) < 4.78 is 11.9. The van der Waals surface area contributed by atoms with E-state index in [9.17, 15) is 24.0 Å². The van der Waals surface area contributed by atoms with Crippen molar-refractivity contribution in [1.82, 2.24) is 25.3 Å². The molecule has 0 unspecified atom stereocenters. The molecular weight excluding hydrogens is 686 g/mol. The molecule has 4 amide bonds. The third-order valence-corrected chi connectivity index (χ3v) is 11.2. The number of Topliss-reactive ketones (excluding diaryl/α,β-unsaturated/α-hetero) is 1. The van der Waals surface area contributed by atoms with Gasteiger partial charge in [0.15, 0.2) is 0 Å². The van der Waals surface area contributed by atoms with Crippen molar-refractivity contribution in [3.63, 3.8) is 0 Å². The summed E-state index contributed by atoms with van der Waals surface area (Å²) in [4.78, 5) is 73.9. The SMILES string of the molecule is C=C(NC(=O)[C@H](C)[C@@H](OC)[C@@H]1CCCN1C(=O)C[C@@H](OC)[C@H]([C@@H](C)CC)N(C)C(=O)[C@@H](NC(=O)[C@H](C(C)C)N(C)C(C)C)C(C)C)C(=O)c1ccccc1. The zero-order chi connectivity index (χ0) is 41.0. The first kappa shape index (κ1) is 46.5. The van der Waals surface area contributed by atoms with E-state index in [0.717, 1.165) is 12.8 Å². The Morgan fingerprint density at radius 1 is 0.907 bits per heavy atom. The number of allylic oxidation sites excluding steroid dienone is 1. The molecule has 54 heavy (non-hydrogen) atoms. The Hall–Kier alpha value is -3.61. The van der Waals surface area contributed by atoms with Crippen LogP contribution < -0.4 is 10.6 Å². The third-order valence-electron chi connectivity index (χ3n) is 11.2. The Labute approximate surface area is 324 Å². The zero-order valence-electron chi connectivity index (χ0n) is 35.2. The van der Waals surface area contributed by atoms with E-state index in [1.54, 1.807) is 61.2 Å². The Bertz CT molecular complexity index is 1420. The van der Waals surface area contributed by atoms with Crippen LogP contribution in [0.1, 0.15) is 98.4 Å². The number of nitrogens with one attached hydrogen (secondary N) is 2. The van der Waals surface area contributed by atoms with Gasteiger partial charge in [0.25, 0.3) is 0 Å². The van der Waals surface area contributed by atoms with E-state index in [-0.39, 0.29) is 59.4 Å². The quantitative estimate of drug-likeness (QED) is 0.133. The normalized spacial score (nSPS) is 18.5. The smallest absolute Gasteiger partial charge is 0.245 e. The van der Waals surface area contributed by atoms with Gasteiger partial charge < -0.3 is 29.9 Å². The van der Waals surface area contributed by atoms with Gasteiger partial charge in [0.1, 0.15) is 6.04 Å². The maximum absolute atomic E-state index is 14.3. The van der Waals surface area contributed by atoms with Gasteiger partial charge in [-0.25, -0.2) is 0 Å². The molecule has 0 spiro atoms. The third kappa shape index (κ3) is 11.7. The van der Waals surface area contributed by atoms with E-state index < -0.39 is 48.2 Å². The molecule has 1 aliphatic rings. The monoisotopic (exact) mass is 756 g/mol. The van der Waals surface area contributed by atoms with Crippen LogP contribution in [0, 0.1) is 23.7 Å². The predicted molar refractivity (Wildman–Crippen MR) is 212 cm³/mol. The van der Waals surface area contributed by atoms with Gasteiger partial charge in [0.05, 0.1) is 48.4 Å². The molecule has 0 radical (unpaired) electrons. The van der Waals surface area contributed by atoms with Crippen molar-refractivity contribution in [1.29, 1.82) is 0 Å². The fourth-order valence-corrected chi connectivity index (χ4v) is 7.64. The molecule has 0 aromatic heterocycles. The average Bonchev–Trinajstić information content (AvgIpc) is 3.62. The Morgan fingerprint density at radius 2 is 1.52 bits per heavy atom. The number of rotatable bonds is 21. The zero-order valence-corrected chi connectivity index (χ0v) is 35.2. The predicted octanol–water partition coefficient (Wildman–Crippen LogP) is 4.93. The van der Waals surface area contributed by atoms with Crippen LogP contribution in [0.15, 0.2) is 42.6 Å². The molecule has 1 saturated heterocycles. The van der Waals surface area contributed by atoms with Crippen molar-refractivity contribution in [2.24, 2.45) is 23.7 Å². The number of likely N-dealkylation sites (N-methyl/N-ethyl adjacent to an activating group) is 2. The Balaban J connectivity index is 2.27. The Morgan fingerprint density at radius 3 is 2.02 bits per heavy atom. The maximum atomic E-state index is 14.3. The molecule has 1 aromatic rings. The van der Waals surface area contributed by atoms with Crippen LogP contribution in [0.5, 0.6) is 0 Å². The highest BCUT2D eigenvalue weighted by Gasteiger charge is 2.43. The minimum Gasteiger partial charge on any atom is -0.379 e. The minimum atomic E-state index is -0.777. The Kier molecular flexibility index (Phi) is 18.5. The topological polar surface area (TPSA) is 138 Å². The molecule has 2 rings (SSSR count). The summed E-state index contributed by atoms with van der Waals surface area (Å²) in [5.74, 6) is -2.30. The van der Waals surface area contributed by atoms with E-state index in [1.165, 1.54) is 7.11 Å². The van der Waals surface area contributed by atoms with Crippen molar-refractivity contribution in [2.75, 3.05) is 34.9 Å². The minimum absolute atomic E-state index is 0.00628. The van der Waals surface area contributed by atoms with E-state index in [1.807, 2.05) is 67.3 Å². The molecule has 0 saturated carbocycles. The molecule has 0 bridgehead atoms. The number of hydrogen-bond acceptors (Lipinski definition) is 8. The van der Waals surface area contributed by atoms with E-state index in [4.69, 9.17) is 9.47 Å². The lowest BCUT2D eigenvalue weighted by Gasteiger charge is -2.41. The number of ether oxygens (including phenoxy) is 2. The highest BCUT2D eigenvalue weighted by molar-refractivity contribution is 6.10. The molecule has 1 heterocycles. The number of ketones is 1. The van der Waals surface area contributed by atoms with Crippen LogP contribution in [0.3, 0.4) is 0 Å². The van der Waals surface area contributed by atoms with Crippen LogP contribution in [-0.2, 0) is 28.7 Å². The molecule has 0 aliphatic carbocycles. The second-order valence-electron chi connectivity index (χ2n) is 15.9. The first-order valence-electron chi connectivity index (χ1n) is 19.6. The maximum Gasteiger partial charge on any atom is 0.245 e. The largest absolute Gasteiger partial charge is 0.379 e. The lowest BCUT2D eigenvalue weighted by Crippen LogP contribution is -2.60. The molecule has 304 valence electrons. The van der Waals surface area contributed by atoms with Crippen LogP contribution in [0.4, 0.5) is 0 Å². The van der Waals surface area contributed by atoms with Gasteiger partial charge in [-0.3, -0.25) is 28.9 Å². The number of likely N-dealkylation sites (tertiary alicyclic amines) is 1. The summed E-state index contributed by atoms with van der Waals surface area (Å²) in [6.45, 7) is 22.0. The van der Waals surface area contributed by atoms with Gasteiger partial charge >= 0.3 is 0 Å². The van der Waals surface area contributed by atoms with E-state index >= 15 is 0 Å². The number of amides is 4. The molecule has 2 N–H and O–H groups in total. The lowest BCUT2D eigenvalue weighted by molar-refractivity contribution is -0.148.